The summed E-state index contributed by atoms with van der Waals surface area (Å²) in [7, 11) is 3.55. The standard InChI is InChI=1S/C27H32BrF2N7/c1-7-15(2)24(22-13-36(5)14-31-22)25(18-8-9-18)27(33-23-10-16(3)34-35-23)32-17(4)37(6)26-20(29)11-19(28)12-21(26)30/h10-14,18H,7-9H2,1-6H3,(H2,33,34,35)/b24-15+,27-25+,32-17+. The molecule has 7 nitrogen and oxygen atoms in total. The summed E-state index contributed by atoms with van der Waals surface area (Å²) >= 11 is 3.15. The van der Waals surface area contributed by atoms with Crippen LogP contribution in [-0.4, -0.2) is 32.6 Å². The molecule has 0 aliphatic heterocycles. The number of aryl methyl sites for hydroxylation is 2. The topological polar surface area (TPSA) is 74.1 Å². The van der Waals surface area contributed by atoms with Crippen LogP contribution in [0.2, 0.25) is 0 Å². The fraction of sp³-hybridized carbons (Fsp3) is 0.370. The smallest absolute Gasteiger partial charge is 0.153 e. The van der Waals surface area contributed by atoms with E-state index in [4.69, 9.17) is 4.99 Å². The molecule has 0 unspecified atom stereocenters. The Morgan fingerprint density at radius 1 is 1.24 bits per heavy atom. The molecule has 37 heavy (non-hydrogen) atoms. The summed E-state index contributed by atoms with van der Waals surface area (Å²) in [5, 5.41) is 10.7. The minimum Gasteiger partial charge on any atom is -0.340 e. The number of aromatic amines is 1. The first-order chi connectivity index (χ1) is 17.6. The van der Waals surface area contributed by atoms with Gasteiger partial charge in [0.2, 0.25) is 0 Å². The van der Waals surface area contributed by atoms with Gasteiger partial charge in [-0.05, 0) is 58.1 Å². The van der Waals surface area contributed by atoms with Gasteiger partial charge in [0, 0.05) is 47.7 Å². The Hall–Kier alpha value is -3.27. The lowest BCUT2D eigenvalue weighted by atomic mass is 9.93. The first kappa shape index (κ1) is 26.8. The van der Waals surface area contributed by atoms with Crippen LogP contribution in [-0.2, 0) is 7.05 Å². The minimum atomic E-state index is -0.677. The van der Waals surface area contributed by atoms with E-state index in [1.165, 1.54) is 22.6 Å². The molecule has 0 amide bonds. The number of imidazole rings is 1. The first-order valence-electron chi connectivity index (χ1n) is 12.2. The second kappa shape index (κ2) is 11.0. The lowest BCUT2D eigenvalue weighted by Gasteiger charge is -2.23. The predicted molar refractivity (Wildman–Crippen MR) is 148 cm³/mol. The molecule has 1 aromatic carbocycles. The van der Waals surface area contributed by atoms with Crippen LogP contribution in [0.1, 0.15) is 51.4 Å². The Balaban J connectivity index is 1.91. The van der Waals surface area contributed by atoms with E-state index in [0.29, 0.717) is 21.9 Å². The van der Waals surface area contributed by atoms with Gasteiger partial charge in [-0.25, -0.2) is 18.8 Å². The molecule has 0 atom stereocenters. The Bertz CT molecular complexity index is 1370. The molecule has 0 saturated heterocycles. The number of nitrogens with one attached hydrogen (secondary N) is 2. The summed E-state index contributed by atoms with van der Waals surface area (Å²) in [5.74, 6) is 0.545. The maximum atomic E-state index is 14.8. The van der Waals surface area contributed by atoms with Crippen molar-refractivity contribution in [3.63, 3.8) is 0 Å². The Kier molecular flexibility index (Phi) is 7.96. The molecule has 1 fully saturated rings. The largest absolute Gasteiger partial charge is 0.340 e. The van der Waals surface area contributed by atoms with Crippen LogP contribution in [0.15, 0.2) is 57.2 Å². The van der Waals surface area contributed by atoms with E-state index < -0.39 is 11.6 Å². The molecule has 1 aliphatic carbocycles. The number of amidine groups is 1. The van der Waals surface area contributed by atoms with E-state index in [9.17, 15) is 8.78 Å². The first-order valence-corrected chi connectivity index (χ1v) is 13.0. The van der Waals surface area contributed by atoms with Crippen LogP contribution in [0.5, 0.6) is 0 Å². The van der Waals surface area contributed by atoms with Gasteiger partial charge in [0.25, 0.3) is 0 Å². The normalized spacial score (nSPS) is 15.4. The SMILES string of the molecule is CC/C(C)=C(/C(=C(\N=C(/C)N(C)c1c(F)cc(Br)cc1F)Nc1cc(C)[nH]n1)C1CC1)c1cn(C)cn1. The summed E-state index contributed by atoms with van der Waals surface area (Å²) in [6, 6.07) is 4.38. The van der Waals surface area contributed by atoms with Crippen molar-refractivity contribution in [3.05, 3.63) is 75.2 Å². The van der Waals surface area contributed by atoms with Gasteiger partial charge >= 0.3 is 0 Å². The van der Waals surface area contributed by atoms with Gasteiger partial charge < -0.3 is 14.8 Å². The molecule has 0 spiro atoms. The highest BCUT2D eigenvalue weighted by atomic mass is 79.9. The van der Waals surface area contributed by atoms with Gasteiger partial charge in [0.1, 0.15) is 17.3 Å². The second-order valence-electron chi connectivity index (χ2n) is 9.47. The average Bonchev–Trinajstić information content (AvgIpc) is 3.45. The highest BCUT2D eigenvalue weighted by Crippen LogP contribution is 2.46. The van der Waals surface area contributed by atoms with Gasteiger partial charge in [-0.2, -0.15) is 5.10 Å². The maximum absolute atomic E-state index is 14.8. The minimum absolute atomic E-state index is 0.169. The highest BCUT2D eigenvalue weighted by Gasteiger charge is 2.34. The van der Waals surface area contributed by atoms with Gasteiger partial charge in [-0.1, -0.05) is 28.4 Å². The van der Waals surface area contributed by atoms with Crippen molar-refractivity contribution in [1.29, 1.82) is 0 Å². The van der Waals surface area contributed by atoms with E-state index in [2.05, 4.69) is 50.3 Å². The summed E-state index contributed by atoms with van der Waals surface area (Å²) in [4.78, 5) is 11.0. The molecule has 3 aromatic rings. The fourth-order valence-electron chi connectivity index (χ4n) is 4.21. The second-order valence-corrected chi connectivity index (χ2v) is 10.4. The molecule has 1 saturated carbocycles. The zero-order chi connectivity index (χ0) is 26.9. The summed E-state index contributed by atoms with van der Waals surface area (Å²) in [5.41, 5.74) is 4.86. The number of nitrogens with zero attached hydrogens (tertiary/aromatic N) is 5. The zero-order valence-corrected chi connectivity index (χ0v) is 23.5. The van der Waals surface area contributed by atoms with Gasteiger partial charge in [-0.15, -0.1) is 0 Å². The van der Waals surface area contributed by atoms with Crippen LogP contribution < -0.4 is 10.2 Å². The Labute approximate surface area is 224 Å². The Morgan fingerprint density at radius 2 is 1.92 bits per heavy atom. The molecular formula is C27H32BrF2N7. The van der Waals surface area contributed by atoms with Crippen molar-refractivity contribution in [1.82, 2.24) is 19.7 Å². The lowest BCUT2D eigenvalue weighted by molar-refractivity contribution is 0.583. The van der Waals surface area contributed by atoms with Gasteiger partial charge in [0.05, 0.1) is 12.0 Å². The molecule has 0 radical (unpaired) electrons. The number of hydrogen-bond acceptors (Lipinski definition) is 4. The maximum Gasteiger partial charge on any atom is 0.153 e. The molecule has 2 heterocycles. The van der Waals surface area contributed by atoms with Crippen LogP contribution >= 0.6 is 15.9 Å². The van der Waals surface area contributed by atoms with Crippen molar-refractivity contribution in [3.8, 4) is 0 Å². The van der Waals surface area contributed by atoms with Crippen LogP contribution in [0.3, 0.4) is 0 Å². The van der Waals surface area contributed by atoms with E-state index in [-0.39, 0.29) is 11.6 Å². The number of hydrogen-bond donors (Lipinski definition) is 2. The van der Waals surface area contributed by atoms with Crippen molar-refractivity contribution in [2.45, 2.75) is 47.0 Å². The molecule has 4 rings (SSSR count). The van der Waals surface area contributed by atoms with Crippen molar-refractivity contribution >= 4 is 38.8 Å². The number of halogens is 3. The van der Waals surface area contributed by atoms with E-state index >= 15 is 0 Å². The lowest BCUT2D eigenvalue weighted by Crippen LogP contribution is -2.26. The fourth-order valence-corrected chi connectivity index (χ4v) is 4.61. The van der Waals surface area contributed by atoms with Crippen molar-refractivity contribution in [2.24, 2.45) is 18.0 Å². The number of rotatable bonds is 8. The van der Waals surface area contributed by atoms with Crippen LogP contribution in [0.4, 0.5) is 20.3 Å². The molecule has 0 bridgehead atoms. The zero-order valence-electron chi connectivity index (χ0n) is 22.0. The molecular weight excluding hydrogens is 540 g/mol. The number of H-pyrrole nitrogens is 1. The number of anilines is 2. The molecule has 196 valence electrons. The number of aromatic nitrogens is 4. The number of aliphatic imine (C=N–C) groups is 1. The van der Waals surface area contributed by atoms with Gasteiger partial charge in [-0.3, -0.25) is 5.10 Å². The predicted octanol–water partition coefficient (Wildman–Crippen LogP) is 6.96. The third-order valence-electron chi connectivity index (χ3n) is 6.46. The molecule has 2 N–H and O–H groups in total. The monoisotopic (exact) mass is 571 g/mol. The molecule has 10 heteroatoms. The molecule has 1 aliphatic rings. The molecule has 2 aromatic heterocycles. The van der Waals surface area contributed by atoms with E-state index in [0.717, 1.165) is 41.8 Å². The van der Waals surface area contributed by atoms with Crippen molar-refractivity contribution < 1.29 is 8.78 Å². The third kappa shape index (κ3) is 6.01. The number of benzene rings is 1. The number of allylic oxidation sites excluding steroid dienone is 3. The summed E-state index contributed by atoms with van der Waals surface area (Å²) in [6.45, 7) is 7.89. The summed E-state index contributed by atoms with van der Waals surface area (Å²) in [6.07, 6.45) is 6.67. The summed E-state index contributed by atoms with van der Waals surface area (Å²) < 4.78 is 31.8. The van der Waals surface area contributed by atoms with Crippen molar-refractivity contribution in [2.75, 3.05) is 17.3 Å². The quantitative estimate of drug-likeness (QED) is 0.174. The van der Waals surface area contributed by atoms with Gasteiger partial charge in [0.15, 0.2) is 17.5 Å². The van der Waals surface area contributed by atoms with Crippen LogP contribution in [0.25, 0.3) is 5.57 Å². The third-order valence-corrected chi connectivity index (χ3v) is 6.91. The highest BCUT2D eigenvalue weighted by molar-refractivity contribution is 9.10. The Morgan fingerprint density at radius 3 is 2.43 bits per heavy atom. The average molecular weight is 573 g/mol. The van der Waals surface area contributed by atoms with E-state index in [1.54, 1.807) is 20.3 Å². The van der Waals surface area contributed by atoms with E-state index in [1.807, 2.05) is 30.8 Å². The van der Waals surface area contributed by atoms with Crippen LogP contribution in [0, 0.1) is 24.5 Å².